The zero-order valence-corrected chi connectivity index (χ0v) is 23.0. The summed E-state index contributed by atoms with van der Waals surface area (Å²) in [5, 5.41) is 4.09. The summed E-state index contributed by atoms with van der Waals surface area (Å²) in [5.41, 5.74) is 1.22. The van der Waals surface area contributed by atoms with Gasteiger partial charge in [-0.3, -0.25) is 13.9 Å². The van der Waals surface area contributed by atoms with Crippen molar-refractivity contribution in [1.29, 1.82) is 0 Å². The minimum Gasteiger partial charge on any atom is -0.352 e. The number of halogens is 2. The van der Waals surface area contributed by atoms with E-state index in [-0.39, 0.29) is 43.8 Å². The van der Waals surface area contributed by atoms with Gasteiger partial charge in [-0.1, -0.05) is 54.2 Å². The molecule has 36 heavy (non-hydrogen) atoms. The highest BCUT2D eigenvalue weighted by Crippen LogP contribution is 2.23. The van der Waals surface area contributed by atoms with Crippen LogP contribution in [0, 0.1) is 0 Å². The van der Waals surface area contributed by atoms with E-state index in [4.69, 9.17) is 23.2 Å². The number of rotatable bonds is 11. The first-order valence-corrected chi connectivity index (χ1v) is 14.7. The third kappa shape index (κ3) is 7.85. The van der Waals surface area contributed by atoms with E-state index >= 15 is 0 Å². The van der Waals surface area contributed by atoms with Gasteiger partial charge in [0.15, 0.2) is 0 Å². The maximum Gasteiger partial charge on any atom is 0.242 e. The van der Waals surface area contributed by atoms with Gasteiger partial charge in [-0.05, 0) is 62.1 Å². The van der Waals surface area contributed by atoms with E-state index in [1.165, 1.54) is 9.21 Å². The molecule has 0 spiro atoms. The largest absolute Gasteiger partial charge is 0.352 e. The summed E-state index contributed by atoms with van der Waals surface area (Å²) in [4.78, 5) is 27.9. The number of benzene rings is 2. The molecule has 0 saturated heterocycles. The van der Waals surface area contributed by atoms with Crippen LogP contribution in [-0.4, -0.2) is 50.0 Å². The van der Waals surface area contributed by atoms with E-state index in [2.05, 4.69) is 5.32 Å². The molecule has 1 fully saturated rings. The molecular formula is C26H33Cl2N3O4S. The van der Waals surface area contributed by atoms with Crippen molar-refractivity contribution in [3.05, 3.63) is 64.1 Å². The van der Waals surface area contributed by atoms with Crippen molar-refractivity contribution in [2.75, 3.05) is 17.1 Å². The first-order valence-electron chi connectivity index (χ1n) is 12.1. The molecule has 1 saturated carbocycles. The third-order valence-corrected chi connectivity index (χ3v) is 8.25. The zero-order valence-electron chi connectivity index (χ0n) is 20.6. The molecule has 0 bridgehead atoms. The first kappa shape index (κ1) is 28.3. The Bertz CT molecular complexity index is 1150. The van der Waals surface area contributed by atoms with E-state index in [0.29, 0.717) is 15.7 Å². The fourth-order valence-corrected chi connectivity index (χ4v) is 5.68. The molecular weight excluding hydrogens is 521 g/mol. The van der Waals surface area contributed by atoms with Crippen LogP contribution in [0.1, 0.15) is 51.0 Å². The number of anilines is 1. The molecule has 3 rings (SSSR count). The standard InChI is InChI=1S/C26H33Cl2N3O4S/c1-19(26(33)29-22-9-4-5-10-22)30(18-20-8-3-6-11-24(20)28)25(32)12-7-17-31(36(2,34)35)23-15-13-21(27)14-16-23/h3,6,8,11,13-16,19,22H,4-5,7,9-10,12,17-18H2,1-2H3,(H,29,33). The van der Waals surface area contributed by atoms with Crippen LogP contribution in [0.15, 0.2) is 48.5 Å². The number of hydrogen-bond acceptors (Lipinski definition) is 4. The summed E-state index contributed by atoms with van der Waals surface area (Å²) in [6.45, 7) is 2.02. The average molecular weight is 555 g/mol. The SMILES string of the molecule is CC(C(=O)NC1CCCC1)N(Cc1ccccc1Cl)C(=O)CCCN(c1ccc(Cl)cc1)S(C)(=O)=O. The van der Waals surface area contributed by atoms with Gasteiger partial charge in [-0.25, -0.2) is 8.42 Å². The molecule has 0 radical (unpaired) electrons. The predicted molar refractivity (Wildman–Crippen MR) is 145 cm³/mol. The molecule has 1 N–H and O–H groups in total. The Morgan fingerprint density at radius 3 is 2.31 bits per heavy atom. The highest BCUT2D eigenvalue weighted by Gasteiger charge is 2.29. The van der Waals surface area contributed by atoms with Gasteiger partial charge in [-0.2, -0.15) is 0 Å². The summed E-state index contributed by atoms with van der Waals surface area (Å²) in [7, 11) is -3.56. The number of amides is 2. The number of nitrogens with zero attached hydrogens (tertiary/aromatic N) is 2. The van der Waals surface area contributed by atoms with Gasteiger partial charge >= 0.3 is 0 Å². The molecule has 2 aromatic rings. The molecule has 0 aromatic heterocycles. The molecule has 1 unspecified atom stereocenters. The van der Waals surface area contributed by atoms with Gasteiger partial charge in [0.1, 0.15) is 6.04 Å². The summed E-state index contributed by atoms with van der Waals surface area (Å²) < 4.78 is 26.0. The Kier molecular flexibility index (Phi) is 10.0. The summed E-state index contributed by atoms with van der Waals surface area (Å²) >= 11 is 12.3. The molecule has 196 valence electrons. The van der Waals surface area contributed by atoms with Crippen molar-refractivity contribution >= 4 is 50.7 Å². The summed E-state index contributed by atoms with van der Waals surface area (Å²) in [6.07, 6.45) is 5.56. The van der Waals surface area contributed by atoms with Crippen LogP contribution in [0.5, 0.6) is 0 Å². The van der Waals surface area contributed by atoms with Crippen LogP contribution in [0.3, 0.4) is 0 Å². The maximum absolute atomic E-state index is 13.4. The van der Waals surface area contributed by atoms with Gasteiger partial charge in [0, 0.05) is 35.6 Å². The third-order valence-electron chi connectivity index (χ3n) is 6.43. The van der Waals surface area contributed by atoms with E-state index in [0.717, 1.165) is 37.5 Å². The lowest BCUT2D eigenvalue weighted by Crippen LogP contribution is -2.49. The second-order valence-electron chi connectivity index (χ2n) is 9.19. The second kappa shape index (κ2) is 12.8. The average Bonchev–Trinajstić information content (AvgIpc) is 3.34. The van der Waals surface area contributed by atoms with Gasteiger partial charge in [0.25, 0.3) is 0 Å². The number of sulfonamides is 1. The molecule has 0 aliphatic heterocycles. The predicted octanol–water partition coefficient (Wildman–Crippen LogP) is 5.02. The quantitative estimate of drug-likeness (QED) is 0.423. The lowest BCUT2D eigenvalue weighted by molar-refractivity contribution is -0.140. The smallest absolute Gasteiger partial charge is 0.242 e. The Labute approximate surface area is 223 Å². The molecule has 2 aromatic carbocycles. The van der Waals surface area contributed by atoms with Crippen LogP contribution in [0.4, 0.5) is 5.69 Å². The minimum atomic E-state index is -3.56. The number of hydrogen-bond donors (Lipinski definition) is 1. The van der Waals surface area contributed by atoms with Gasteiger partial charge in [0.05, 0.1) is 11.9 Å². The van der Waals surface area contributed by atoms with Crippen molar-refractivity contribution in [2.24, 2.45) is 0 Å². The van der Waals surface area contributed by atoms with Crippen molar-refractivity contribution in [3.63, 3.8) is 0 Å². The molecule has 1 atom stereocenters. The highest BCUT2D eigenvalue weighted by molar-refractivity contribution is 7.92. The first-order chi connectivity index (χ1) is 17.1. The summed E-state index contributed by atoms with van der Waals surface area (Å²) in [5.74, 6) is -0.435. The maximum atomic E-state index is 13.4. The van der Waals surface area contributed by atoms with Crippen molar-refractivity contribution in [1.82, 2.24) is 10.2 Å². The Morgan fingerprint density at radius 1 is 1.06 bits per heavy atom. The molecule has 10 heteroatoms. The second-order valence-corrected chi connectivity index (χ2v) is 11.9. The number of carbonyl (C=O) groups excluding carboxylic acids is 2. The Balaban J connectivity index is 1.72. The van der Waals surface area contributed by atoms with E-state index in [1.54, 1.807) is 37.3 Å². The fraction of sp³-hybridized carbons (Fsp3) is 0.462. The van der Waals surface area contributed by atoms with Gasteiger partial charge < -0.3 is 10.2 Å². The highest BCUT2D eigenvalue weighted by atomic mass is 35.5. The lowest BCUT2D eigenvalue weighted by Gasteiger charge is -2.30. The van der Waals surface area contributed by atoms with Crippen LogP contribution in [-0.2, 0) is 26.2 Å². The zero-order chi connectivity index (χ0) is 26.3. The summed E-state index contributed by atoms with van der Waals surface area (Å²) in [6, 6.07) is 13.2. The molecule has 1 aliphatic rings. The fourth-order valence-electron chi connectivity index (χ4n) is 4.40. The monoisotopic (exact) mass is 553 g/mol. The number of nitrogens with one attached hydrogen (secondary N) is 1. The van der Waals surface area contributed by atoms with Crippen molar-refractivity contribution in [2.45, 2.75) is 64.1 Å². The Morgan fingerprint density at radius 2 is 1.69 bits per heavy atom. The van der Waals surface area contributed by atoms with E-state index in [1.807, 2.05) is 18.2 Å². The molecule has 1 aliphatic carbocycles. The van der Waals surface area contributed by atoms with Crippen LogP contribution < -0.4 is 9.62 Å². The van der Waals surface area contributed by atoms with Crippen LogP contribution in [0.2, 0.25) is 10.0 Å². The van der Waals surface area contributed by atoms with Crippen LogP contribution >= 0.6 is 23.2 Å². The van der Waals surface area contributed by atoms with E-state index in [9.17, 15) is 18.0 Å². The molecule has 0 heterocycles. The lowest BCUT2D eigenvalue weighted by atomic mass is 10.1. The normalized spacial score (nSPS) is 14.9. The van der Waals surface area contributed by atoms with Crippen molar-refractivity contribution in [3.8, 4) is 0 Å². The van der Waals surface area contributed by atoms with E-state index < -0.39 is 16.1 Å². The minimum absolute atomic E-state index is 0.0745. The number of carbonyl (C=O) groups is 2. The Hall–Kier alpha value is -2.29. The molecule has 2 amide bonds. The van der Waals surface area contributed by atoms with Crippen molar-refractivity contribution < 1.29 is 18.0 Å². The van der Waals surface area contributed by atoms with Gasteiger partial charge in [0.2, 0.25) is 21.8 Å². The van der Waals surface area contributed by atoms with Crippen LogP contribution in [0.25, 0.3) is 0 Å². The topological polar surface area (TPSA) is 86.8 Å². The molecule has 7 nitrogen and oxygen atoms in total. The van der Waals surface area contributed by atoms with Gasteiger partial charge in [-0.15, -0.1) is 0 Å².